The van der Waals surface area contributed by atoms with Gasteiger partial charge in [-0.3, -0.25) is 0 Å². The Balaban J connectivity index is 0.00000162. The summed E-state index contributed by atoms with van der Waals surface area (Å²) in [6.07, 6.45) is 9.75. The molecule has 2 aromatic rings. The normalized spacial score (nSPS) is 9.37. The first-order valence-electron chi connectivity index (χ1n) is 6.15. The van der Waals surface area contributed by atoms with E-state index in [-0.39, 0.29) is 34.0 Å². The number of aryl methyl sites for hydroxylation is 4. The Morgan fingerprint density at radius 3 is 1.32 bits per heavy atom. The zero-order valence-electron chi connectivity index (χ0n) is 11.4. The molecule has 0 amide bonds. The molecule has 0 aliphatic carbocycles. The van der Waals surface area contributed by atoms with Gasteiger partial charge in [0.2, 0.25) is 0 Å². The van der Waals surface area contributed by atoms with E-state index >= 15 is 0 Å². The summed E-state index contributed by atoms with van der Waals surface area (Å²) in [5, 5.41) is 0. The zero-order valence-corrected chi connectivity index (χ0v) is 14.6. The van der Waals surface area contributed by atoms with E-state index in [4.69, 9.17) is 0 Å². The minimum atomic E-state index is 0. The molecule has 0 aliphatic heterocycles. The number of rotatable bonds is 4. The number of pyridine rings is 2. The van der Waals surface area contributed by atoms with E-state index in [1.54, 1.807) is 0 Å². The van der Waals surface area contributed by atoms with Crippen LogP contribution in [0.1, 0.15) is 17.5 Å². The fourth-order valence-electron chi connectivity index (χ4n) is 1.80. The SMILES string of the molecule is Cc1cc[n+](CCC[n+]2ccc(C)cc2)cc1.[Br-].[Br-]. The second-order valence-electron chi connectivity index (χ2n) is 4.58. The molecular weight excluding hydrogens is 368 g/mol. The van der Waals surface area contributed by atoms with E-state index < -0.39 is 0 Å². The highest BCUT2D eigenvalue weighted by atomic mass is 79.9. The maximum atomic E-state index is 2.24. The van der Waals surface area contributed by atoms with Gasteiger partial charge in [-0.2, -0.15) is 0 Å². The van der Waals surface area contributed by atoms with Crippen molar-refractivity contribution in [3.05, 3.63) is 60.2 Å². The van der Waals surface area contributed by atoms with Crippen LogP contribution in [0.3, 0.4) is 0 Å². The molecule has 0 aromatic carbocycles. The Morgan fingerprint density at radius 2 is 1.00 bits per heavy atom. The predicted molar refractivity (Wildman–Crippen MR) is 67.4 cm³/mol. The lowest BCUT2D eigenvalue weighted by molar-refractivity contribution is -0.727. The number of aromatic nitrogens is 2. The molecule has 2 rings (SSSR count). The Bertz CT molecular complexity index is 421. The van der Waals surface area contributed by atoms with Crippen LogP contribution >= 0.6 is 0 Å². The number of halogens is 2. The summed E-state index contributed by atoms with van der Waals surface area (Å²) in [7, 11) is 0. The summed E-state index contributed by atoms with van der Waals surface area (Å²) in [4.78, 5) is 0. The van der Waals surface area contributed by atoms with Gasteiger partial charge in [0.15, 0.2) is 37.9 Å². The van der Waals surface area contributed by atoms with Crippen LogP contribution in [0.25, 0.3) is 0 Å². The van der Waals surface area contributed by atoms with Crippen molar-refractivity contribution < 1.29 is 43.1 Å². The monoisotopic (exact) mass is 386 g/mol. The Hall–Kier alpha value is -0.740. The van der Waals surface area contributed by atoms with Gasteiger partial charge in [0, 0.05) is 24.3 Å². The first-order chi connectivity index (χ1) is 8.24. The summed E-state index contributed by atoms with van der Waals surface area (Å²) in [6, 6.07) is 8.61. The minimum absolute atomic E-state index is 0. The summed E-state index contributed by atoms with van der Waals surface area (Å²) >= 11 is 0. The van der Waals surface area contributed by atoms with Gasteiger partial charge in [-0.05, 0) is 25.0 Å². The Labute approximate surface area is 136 Å². The molecule has 0 aliphatic rings. The van der Waals surface area contributed by atoms with Crippen LogP contribution in [0.15, 0.2) is 49.1 Å². The Morgan fingerprint density at radius 1 is 0.684 bits per heavy atom. The molecule has 0 bridgehead atoms. The third-order valence-corrected chi connectivity index (χ3v) is 2.95. The molecular formula is C15H20Br2N2. The average molecular weight is 388 g/mol. The van der Waals surface area contributed by atoms with Crippen LogP contribution in [0, 0.1) is 13.8 Å². The lowest BCUT2D eigenvalue weighted by atomic mass is 10.3. The van der Waals surface area contributed by atoms with Gasteiger partial charge < -0.3 is 34.0 Å². The average Bonchev–Trinajstić information content (AvgIpc) is 2.34. The largest absolute Gasteiger partial charge is 1.00 e. The van der Waals surface area contributed by atoms with Crippen molar-refractivity contribution in [2.45, 2.75) is 33.4 Å². The molecule has 0 atom stereocenters. The highest BCUT2D eigenvalue weighted by Gasteiger charge is 2.03. The second kappa shape index (κ2) is 9.21. The highest BCUT2D eigenvalue weighted by molar-refractivity contribution is 5.03. The van der Waals surface area contributed by atoms with E-state index in [1.807, 2.05) is 0 Å². The smallest absolute Gasteiger partial charge is 0.169 e. The lowest BCUT2D eigenvalue weighted by Crippen LogP contribution is -3.00. The van der Waals surface area contributed by atoms with Crippen molar-refractivity contribution in [1.82, 2.24) is 0 Å². The summed E-state index contributed by atoms with van der Waals surface area (Å²) in [5.41, 5.74) is 2.63. The molecule has 0 N–H and O–H groups in total. The maximum Gasteiger partial charge on any atom is 0.169 e. The highest BCUT2D eigenvalue weighted by Crippen LogP contribution is 1.92. The topological polar surface area (TPSA) is 7.76 Å². The molecule has 2 heterocycles. The molecule has 0 saturated heterocycles. The second-order valence-corrected chi connectivity index (χ2v) is 4.58. The van der Waals surface area contributed by atoms with Crippen LogP contribution in [-0.2, 0) is 13.1 Å². The summed E-state index contributed by atoms with van der Waals surface area (Å²) in [5.74, 6) is 0. The molecule has 2 nitrogen and oxygen atoms in total. The fraction of sp³-hybridized carbons (Fsp3) is 0.333. The number of hydrogen-bond donors (Lipinski definition) is 0. The van der Waals surface area contributed by atoms with Gasteiger partial charge in [0.05, 0.1) is 6.42 Å². The van der Waals surface area contributed by atoms with Crippen LogP contribution < -0.4 is 43.1 Å². The van der Waals surface area contributed by atoms with Crippen molar-refractivity contribution in [1.29, 1.82) is 0 Å². The van der Waals surface area contributed by atoms with Gasteiger partial charge in [0.25, 0.3) is 0 Å². The summed E-state index contributed by atoms with van der Waals surface area (Å²) < 4.78 is 4.48. The van der Waals surface area contributed by atoms with Gasteiger partial charge in [-0.1, -0.05) is 0 Å². The van der Waals surface area contributed by atoms with Crippen molar-refractivity contribution in [2.24, 2.45) is 0 Å². The molecule has 4 heteroatoms. The summed E-state index contributed by atoms with van der Waals surface area (Å²) in [6.45, 7) is 6.38. The van der Waals surface area contributed by atoms with Crippen molar-refractivity contribution in [3.8, 4) is 0 Å². The van der Waals surface area contributed by atoms with Crippen LogP contribution in [0.2, 0.25) is 0 Å². The fourth-order valence-corrected chi connectivity index (χ4v) is 1.80. The third-order valence-electron chi connectivity index (χ3n) is 2.95. The van der Waals surface area contributed by atoms with E-state index in [2.05, 4.69) is 72.0 Å². The van der Waals surface area contributed by atoms with Crippen LogP contribution in [0.5, 0.6) is 0 Å². The third kappa shape index (κ3) is 6.30. The van der Waals surface area contributed by atoms with Crippen molar-refractivity contribution in [3.63, 3.8) is 0 Å². The first-order valence-corrected chi connectivity index (χ1v) is 6.15. The number of nitrogens with zero attached hydrogens (tertiary/aromatic N) is 2. The Kier molecular flexibility index (Phi) is 8.85. The quantitative estimate of drug-likeness (QED) is 0.472. The maximum absolute atomic E-state index is 2.24. The molecule has 104 valence electrons. The van der Waals surface area contributed by atoms with E-state index in [0.29, 0.717) is 0 Å². The van der Waals surface area contributed by atoms with Gasteiger partial charge >= 0.3 is 0 Å². The molecule has 0 unspecified atom stereocenters. The van der Waals surface area contributed by atoms with Crippen molar-refractivity contribution >= 4 is 0 Å². The predicted octanol–water partition coefficient (Wildman–Crippen LogP) is -4.02. The van der Waals surface area contributed by atoms with Crippen LogP contribution in [0.4, 0.5) is 0 Å². The number of hydrogen-bond acceptors (Lipinski definition) is 0. The van der Waals surface area contributed by atoms with E-state index in [0.717, 1.165) is 19.5 Å². The zero-order chi connectivity index (χ0) is 12.1. The molecule has 19 heavy (non-hydrogen) atoms. The first kappa shape index (κ1) is 18.3. The van der Waals surface area contributed by atoms with Crippen molar-refractivity contribution in [2.75, 3.05) is 0 Å². The molecule has 0 fully saturated rings. The molecule has 0 radical (unpaired) electrons. The van der Waals surface area contributed by atoms with Gasteiger partial charge in [-0.15, -0.1) is 0 Å². The molecule has 0 spiro atoms. The minimum Gasteiger partial charge on any atom is -1.00 e. The standard InChI is InChI=1S/C15H20N2.2BrH/c1-14-4-10-16(11-5-14)8-3-9-17-12-6-15(2)7-13-17;;/h4-7,10-13H,3,8-9H2,1-2H3;2*1H/q+2;;/p-2. The van der Waals surface area contributed by atoms with Crippen LogP contribution in [-0.4, -0.2) is 0 Å². The van der Waals surface area contributed by atoms with E-state index in [9.17, 15) is 0 Å². The van der Waals surface area contributed by atoms with Gasteiger partial charge in [-0.25, -0.2) is 9.13 Å². The van der Waals surface area contributed by atoms with Gasteiger partial charge in [0.1, 0.15) is 0 Å². The molecule has 2 aromatic heterocycles. The molecule has 0 saturated carbocycles. The van der Waals surface area contributed by atoms with E-state index in [1.165, 1.54) is 11.1 Å². The lowest BCUT2D eigenvalue weighted by Gasteiger charge is -1.97.